The van der Waals surface area contributed by atoms with Gasteiger partial charge in [0.1, 0.15) is 5.69 Å². The van der Waals surface area contributed by atoms with Crippen LogP contribution in [0.5, 0.6) is 0 Å². The Morgan fingerprint density at radius 3 is 2.56 bits per heavy atom. The van der Waals surface area contributed by atoms with Gasteiger partial charge in [0.25, 0.3) is 5.69 Å². The van der Waals surface area contributed by atoms with E-state index in [1.54, 1.807) is 24.3 Å². The molecular weight excluding hydrogens is 344 g/mol. The van der Waals surface area contributed by atoms with Gasteiger partial charge < -0.3 is 10.1 Å². The molecule has 0 aliphatic heterocycles. The van der Waals surface area contributed by atoms with Crippen molar-refractivity contribution >= 4 is 35.0 Å². The largest absolute Gasteiger partial charge is 0.466 e. The van der Waals surface area contributed by atoms with Crippen LogP contribution in [0.2, 0.25) is 5.02 Å². The van der Waals surface area contributed by atoms with Crippen molar-refractivity contribution in [1.82, 2.24) is 0 Å². The van der Waals surface area contributed by atoms with Gasteiger partial charge in [-0.05, 0) is 42.3 Å². The van der Waals surface area contributed by atoms with Gasteiger partial charge >= 0.3 is 5.97 Å². The Morgan fingerprint density at radius 2 is 1.96 bits per heavy atom. The molecule has 0 amide bonds. The van der Waals surface area contributed by atoms with Crippen molar-refractivity contribution in [3.63, 3.8) is 0 Å². The highest BCUT2D eigenvalue weighted by molar-refractivity contribution is 6.30. The monoisotopic (exact) mass is 360 g/mol. The molecule has 0 aliphatic rings. The minimum absolute atomic E-state index is 0.0761. The van der Waals surface area contributed by atoms with Crippen molar-refractivity contribution in [2.24, 2.45) is 0 Å². The number of halogens is 1. The predicted molar refractivity (Wildman–Crippen MR) is 97.6 cm³/mol. The fraction of sp³-hybridized carbons (Fsp3) is 0.167. The zero-order valence-electron chi connectivity index (χ0n) is 13.7. The Bertz CT molecular complexity index is 803. The van der Waals surface area contributed by atoms with Gasteiger partial charge in [0.2, 0.25) is 0 Å². The number of nitrogens with one attached hydrogen (secondary N) is 1. The highest BCUT2D eigenvalue weighted by Gasteiger charge is 2.16. The van der Waals surface area contributed by atoms with Gasteiger partial charge in [-0.25, -0.2) is 4.79 Å². The van der Waals surface area contributed by atoms with Crippen LogP contribution in [-0.2, 0) is 9.53 Å². The number of carbonyl (C=O) groups is 1. The summed E-state index contributed by atoms with van der Waals surface area (Å²) < 4.78 is 4.50. The van der Waals surface area contributed by atoms with Gasteiger partial charge in [-0.2, -0.15) is 0 Å². The van der Waals surface area contributed by atoms with E-state index in [0.29, 0.717) is 16.3 Å². The second-order valence-electron chi connectivity index (χ2n) is 5.31. The quantitative estimate of drug-likeness (QED) is 0.352. The van der Waals surface area contributed by atoms with Crippen molar-refractivity contribution in [2.45, 2.75) is 13.0 Å². The van der Waals surface area contributed by atoms with Gasteiger partial charge in [-0.1, -0.05) is 29.8 Å². The Hall–Kier alpha value is -2.86. The lowest BCUT2D eigenvalue weighted by molar-refractivity contribution is -0.384. The highest BCUT2D eigenvalue weighted by atomic mass is 35.5. The number of hydrogen-bond acceptors (Lipinski definition) is 5. The maximum absolute atomic E-state index is 11.4. The standard InChI is InChI=1S/C18H17ClN2O4/c1-12(14-5-7-15(19)8-6-14)20-16-9-3-13(4-10-18(22)25-2)11-17(16)21(23)24/h3-12,20H,1-2H3/b10-4+/t12-/m1/s1. The number of rotatable bonds is 6. The molecule has 2 rings (SSSR count). The van der Waals surface area contributed by atoms with Crippen LogP contribution in [-0.4, -0.2) is 18.0 Å². The van der Waals surface area contributed by atoms with E-state index >= 15 is 0 Å². The molecule has 1 atom stereocenters. The number of hydrogen-bond donors (Lipinski definition) is 1. The molecule has 25 heavy (non-hydrogen) atoms. The maximum Gasteiger partial charge on any atom is 0.330 e. The third-order valence-electron chi connectivity index (χ3n) is 3.57. The summed E-state index contributed by atoms with van der Waals surface area (Å²) in [6.07, 6.45) is 2.67. The number of methoxy groups -OCH3 is 1. The Balaban J connectivity index is 2.25. The van der Waals surface area contributed by atoms with E-state index in [9.17, 15) is 14.9 Å². The molecule has 130 valence electrons. The smallest absolute Gasteiger partial charge is 0.330 e. The summed E-state index contributed by atoms with van der Waals surface area (Å²) in [6, 6.07) is 11.8. The zero-order chi connectivity index (χ0) is 18.4. The molecule has 2 aromatic rings. The number of anilines is 1. The molecule has 0 unspecified atom stereocenters. The Morgan fingerprint density at radius 1 is 1.28 bits per heavy atom. The third kappa shape index (κ3) is 5.06. The number of esters is 1. The molecule has 0 saturated carbocycles. The molecule has 0 bridgehead atoms. The van der Waals surface area contributed by atoms with E-state index in [1.165, 1.54) is 25.3 Å². The molecule has 6 nitrogen and oxygen atoms in total. The molecule has 0 aromatic heterocycles. The fourth-order valence-electron chi connectivity index (χ4n) is 2.23. The van der Waals surface area contributed by atoms with Crippen molar-refractivity contribution in [3.05, 3.63) is 74.8 Å². The van der Waals surface area contributed by atoms with Crippen LogP contribution in [0.25, 0.3) is 6.08 Å². The van der Waals surface area contributed by atoms with Crippen LogP contribution < -0.4 is 5.32 Å². The van der Waals surface area contributed by atoms with E-state index in [2.05, 4.69) is 10.1 Å². The molecular formula is C18H17ClN2O4. The molecule has 1 N–H and O–H groups in total. The van der Waals surface area contributed by atoms with Crippen molar-refractivity contribution < 1.29 is 14.5 Å². The van der Waals surface area contributed by atoms with E-state index < -0.39 is 10.9 Å². The number of ether oxygens (including phenoxy) is 1. The maximum atomic E-state index is 11.4. The predicted octanol–water partition coefficient (Wildman–Crippen LogP) is 4.61. The third-order valence-corrected chi connectivity index (χ3v) is 3.83. The first-order chi connectivity index (χ1) is 11.9. The molecule has 0 aliphatic carbocycles. The zero-order valence-corrected chi connectivity index (χ0v) is 14.5. The minimum Gasteiger partial charge on any atom is -0.466 e. The number of carbonyl (C=O) groups excluding carboxylic acids is 1. The Kier molecular flexibility index (Phi) is 6.14. The van der Waals surface area contributed by atoms with E-state index in [0.717, 1.165) is 5.56 Å². The van der Waals surface area contributed by atoms with Crippen LogP contribution in [0.1, 0.15) is 24.1 Å². The van der Waals surface area contributed by atoms with Gasteiger partial charge in [0, 0.05) is 23.2 Å². The summed E-state index contributed by atoms with van der Waals surface area (Å²) in [5.74, 6) is -0.527. The van der Waals surface area contributed by atoms with Crippen LogP contribution in [0, 0.1) is 10.1 Å². The summed E-state index contributed by atoms with van der Waals surface area (Å²) in [6.45, 7) is 1.90. The average Bonchev–Trinajstić information content (AvgIpc) is 2.60. The van der Waals surface area contributed by atoms with Crippen molar-refractivity contribution in [1.29, 1.82) is 0 Å². The molecule has 0 fully saturated rings. The minimum atomic E-state index is -0.527. The second-order valence-corrected chi connectivity index (χ2v) is 5.74. The van der Waals surface area contributed by atoms with Gasteiger partial charge in [0.15, 0.2) is 0 Å². The van der Waals surface area contributed by atoms with Gasteiger partial charge in [0.05, 0.1) is 12.0 Å². The van der Waals surface area contributed by atoms with Gasteiger partial charge in [-0.3, -0.25) is 10.1 Å². The summed E-state index contributed by atoms with van der Waals surface area (Å²) >= 11 is 5.87. The van der Waals surface area contributed by atoms with Crippen molar-refractivity contribution in [2.75, 3.05) is 12.4 Å². The summed E-state index contributed by atoms with van der Waals surface area (Å²) in [7, 11) is 1.26. The van der Waals surface area contributed by atoms with E-state index in [1.807, 2.05) is 19.1 Å². The second kappa shape index (κ2) is 8.30. The van der Waals surface area contributed by atoms with Crippen molar-refractivity contribution in [3.8, 4) is 0 Å². The summed E-state index contributed by atoms with van der Waals surface area (Å²) in [4.78, 5) is 22.0. The summed E-state index contributed by atoms with van der Waals surface area (Å²) in [5.41, 5.74) is 1.80. The normalized spacial score (nSPS) is 12.0. The first-order valence-electron chi connectivity index (χ1n) is 7.47. The molecule has 0 saturated heterocycles. The number of nitrogens with zero attached hydrogens (tertiary/aromatic N) is 1. The fourth-order valence-corrected chi connectivity index (χ4v) is 2.35. The van der Waals surface area contributed by atoms with Crippen LogP contribution in [0.3, 0.4) is 0 Å². The summed E-state index contributed by atoms with van der Waals surface area (Å²) in [5, 5.41) is 15.1. The highest BCUT2D eigenvalue weighted by Crippen LogP contribution is 2.30. The molecule has 7 heteroatoms. The molecule has 0 radical (unpaired) electrons. The SMILES string of the molecule is COC(=O)/C=C/c1ccc(N[C@H](C)c2ccc(Cl)cc2)c([N+](=O)[O-])c1. The first-order valence-corrected chi connectivity index (χ1v) is 7.85. The molecule has 0 spiro atoms. The number of nitro benzene ring substituents is 1. The van der Waals surface area contributed by atoms with Gasteiger partial charge in [-0.15, -0.1) is 0 Å². The average molecular weight is 361 g/mol. The topological polar surface area (TPSA) is 81.5 Å². The number of nitro groups is 1. The lowest BCUT2D eigenvalue weighted by Crippen LogP contribution is -2.08. The lowest BCUT2D eigenvalue weighted by Gasteiger charge is -2.16. The van der Waals surface area contributed by atoms with E-state index in [4.69, 9.17) is 11.6 Å². The first kappa shape index (κ1) is 18.5. The van der Waals surface area contributed by atoms with Crippen LogP contribution in [0.4, 0.5) is 11.4 Å². The van der Waals surface area contributed by atoms with Crippen LogP contribution >= 0.6 is 11.6 Å². The lowest BCUT2D eigenvalue weighted by atomic mass is 10.1. The van der Waals surface area contributed by atoms with E-state index in [-0.39, 0.29) is 11.7 Å². The number of benzene rings is 2. The Labute approximate surface area is 150 Å². The van der Waals surface area contributed by atoms with Crippen LogP contribution in [0.15, 0.2) is 48.5 Å². The molecule has 0 heterocycles. The molecule has 2 aromatic carbocycles.